The lowest BCUT2D eigenvalue weighted by Crippen LogP contribution is -2.19. The minimum Gasteiger partial charge on any atom is -0.489 e. The summed E-state index contributed by atoms with van der Waals surface area (Å²) in [6.07, 6.45) is -0.00496. The van der Waals surface area contributed by atoms with E-state index in [0.29, 0.717) is 27.2 Å². The van der Waals surface area contributed by atoms with Crippen LogP contribution in [0.1, 0.15) is 24.3 Å². The highest BCUT2D eigenvalue weighted by atomic mass is 35.5. The van der Waals surface area contributed by atoms with Gasteiger partial charge in [0.15, 0.2) is 5.69 Å². The molecule has 25 heavy (non-hydrogen) atoms. The van der Waals surface area contributed by atoms with Gasteiger partial charge in [0.2, 0.25) is 0 Å². The summed E-state index contributed by atoms with van der Waals surface area (Å²) in [7, 11) is 0. The summed E-state index contributed by atoms with van der Waals surface area (Å²) in [5, 5.41) is 10.2. The maximum atomic E-state index is 12.5. The number of nitrogens with one attached hydrogen (secondary N) is 2. The van der Waals surface area contributed by atoms with Crippen LogP contribution in [-0.2, 0) is 0 Å². The molecule has 2 N–H and O–H groups in total. The summed E-state index contributed by atoms with van der Waals surface area (Å²) < 4.78 is 5.56. The minimum atomic E-state index is -0.443. The van der Waals surface area contributed by atoms with Crippen molar-refractivity contribution in [1.29, 1.82) is 0 Å². The van der Waals surface area contributed by atoms with Gasteiger partial charge in [-0.3, -0.25) is 9.59 Å². The molecule has 0 saturated carbocycles. The van der Waals surface area contributed by atoms with Gasteiger partial charge in [-0.1, -0.05) is 29.8 Å². The van der Waals surface area contributed by atoms with Crippen LogP contribution in [0.3, 0.4) is 0 Å². The number of carbonyl (C=O) groups is 1. The Balaban J connectivity index is 1.90. The number of nitrogens with zero attached hydrogens (tertiary/aromatic N) is 1. The number of fused-ring (bicyclic) bond motifs is 1. The lowest BCUT2D eigenvalue weighted by atomic mass is 10.1. The molecule has 2 aromatic carbocycles. The molecule has 0 spiro atoms. The van der Waals surface area contributed by atoms with Gasteiger partial charge < -0.3 is 10.1 Å². The molecule has 0 aliphatic carbocycles. The zero-order chi connectivity index (χ0) is 18.0. The predicted molar refractivity (Wildman–Crippen MR) is 97.5 cm³/mol. The predicted octanol–water partition coefficient (Wildman–Crippen LogP) is 3.62. The second-order valence-corrected chi connectivity index (χ2v) is 6.12. The van der Waals surface area contributed by atoms with E-state index in [4.69, 9.17) is 16.3 Å². The largest absolute Gasteiger partial charge is 0.489 e. The van der Waals surface area contributed by atoms with Crippen LogP contribution in [0.2, 0.25) is 5.02 Å². The first-order valence-electron chi connectivity index (χ1n) is 7.70. The van der Waals surface area contributed by atoms with E-state index in [1.807, 2.05) is 13.8 Å². The van der Waals surface area contributed by atoms with Crippen molar-refractivity contribution in [2.75, 3.05) is 5.32 Å². The highest BCUT2D eigenvalue weighted by Crippen LogP contribution is 2.28. The number of H-pyrrole nitrogens is 1. The molecule has 3 rings (SSSR count). The van der Waals surface area contributed by atoms with Crippen LogP contribution in [-0.4, -0.2) is 22.2 Å². The first-order chi connectivity index (χ1) is 12.0. The molecule has 128 valence electrons. The molecule has 0 bridgehead atoms. The smallest absolute Gasteiger partial charge is 0.276 e. The number of ether oxygens (including phenoxy) is 1. The van der Waals surface area contributed by atoms with Gasteiger partial charge in [-0.05, 0) is 38.1 Å². The maximum Gasteiger partial charge on any atom is 0.276 e. The van der Waals surface area contributed by atoms with E-state index in [1.165, 1.54) is 0 Å². The molecule has 0 saturated heterocycles. The Bertz CT molecular complexity index is 998. The number of hydrogen-bond donors (Lipinski definition) is 2. The fourth-order valence-electron chi connectivity index (χ4n) is 2.41. The Labute approximate surface area is 148 Å². The summed E-state index contributed by atoms with van der Waals surface area (Å²) in [6.45, 7) is 3.80. The molecule has 7 heteroatoms. The van der Waals surface area contributed by atoms with Gasteiger partial charge >= 0.3 is 0 Å². The molecule has 0 fully saturated rings. The van der Waals surface area contributed by atoms with Crippen LogP contribution < -0.4 is 15.6 Å². The Hall–Kier alpha value is -2.86. The van der Waals surface area contributed by atoms with Gasteiger partial charge in [-0.15, -0.1) is 0 Å². The van der Waals surface area contributed by atoms with E-state index >= 15 is 0 Å². The number of aromatic amines is 1. The normalized spacial score (nSPS) is 10.9. The average molecular weight is 358 g/mol. The van der Waals surface area contributed by atoms with E-state index in [-0.39, 0.29) is 17.4 Å². The maximum absolute atomic E-state index is 12.5. The van der Waals surface area contributed by atoms with Crippen molar-refractivity contribution >= 4 is 34.0 Å². The van der Waals surface area contributed by atoms with Crippen LogP contribution in [0.4, 0.5) is 5.69 Å². The van der Waals surface area contributed by atoms with Gasteiger partial charge in [0.05, 0.1) is 16.5 Å². The van der Waals surface area contributed by atoms with Crippen molar-refractivity contribution in [3.8, 4) is 5.75 Å². The second-order valence-electron chi connectivity index (χ2n) is 5.71. The van der Waals surface area contributed by atoms with Crippen LogP contribution in [0, 0.1) is 0 Å². The monoisotopic (exact) mass is 357 g/mol. The topological polar surface area (TPSA) is 84.1 Å². The van der Waals surface area contributed by atoms with E-state index < -0.39 is 5.91 Å². The third-order valence-corrected chi connectivity index (χ3v) is 3.76. The van der Waals surface area contributed by atoms with E-state index in [2.05, 4.69) is 15.5 Å². The van der Waals surface area contributed by atoms with Gasteiger partial charge in [0.25, 0.3) is 11.5 Å². The molecule has 1 heterocycles. The third-order valence-electron chi connectivity index (χ3n) is 3.46. The summed E-state index contributed by atoms with van der Waals surface area (Å²) in [6, 6.07) is 11.8. The van der Waals surface area contributed by atoms with E-state index in [9.17, 15) is 9.59 Å². The molecular formula is C18H16ClN3O3. The molecule has 0 atom stereocenters. The molecule has 1 aromatic heterocycles. The lowest BCUT2D eigenvalue weighted by Gasteiger charge is -2.13. The van der Waals surface area contributed by atoms with Crippen LogP contribution in [0.25, 0.3) is 10.8 Å². The standard InChI is InChI=1S/C18H16ClN3O3/c1-10(2)25-15-8-7-11(9-14(15)19)20-18(24)16-12-5-3-4-6-13(12)17(23)22-21-16/h3-10H,1-2H3,(H,20,24)(H,22,23). The zero-order valence-electron chi connectivity index (χ0n) is 13.7. The quantitative estimate of drug-likeness (QED) is 0.747. The first-order valence-corrected chi connectivity index (χ1v) is 8.08. The molecule has 0 aliphatic heterocycles. The van der Waals surface area contributed by atoms with E-state index in [1.54, 1.807) is 42.5 Å². The molecule has 6 nitrogen and oxygen atoms in total. The van der Waals surface area contributed by atoms with Crippen molar-refractivity contribution in [3.63, 3.8) is 0 Å². The van der Waals surface area contributed by atoms with Gasteiger partial charge in [-0.2, -0.15) is 5.10 Å². The number of amides is 1. The van der Waals surface area contributed by atoms with Crippen LogP contribution in [0.5, 0.6) is 5.75 Å². The van der Waals surface area contributed by atoms with Gasteiger partial charge in [-0.25, -0.2) is 5.10 Å². The number of halogens is 1. The number of hydrogen-bond acceptors (Lipinski definition) is 4. The van der Waals surface area contributed by atoms with Crippen LogP contribution in [0.15, 0.2) is 47.3 Å². The fraction of sp³-hybridized carbons (Fsp3) is 0.167. The average Bonchev–Trinajstić information content (AvgIpc) is 2.57. The highest BCUT2D eigenvalue weighted by molar-refractivity contribution is 6.32. The lowest BCUT2D eigenvalue weighted by molar-refractivity contribution is 0.102. The number of rotatable bonds is 4. The van der Waals surface area contributed by atoms with Crippen molar-refractivity contribution < 1.29 is 9.53 Å². The van der Waals surface area contributed by atoms with Crippen LogP contribution >= 0.6 is 11.6 Å². The molecule has 1 amide bonds. The van der Waals surface area contributed by atoms with E-state index in [0.717, 1.165) is 0 Å². The Morgan fingerprint density at radius 2 is 1.92 bits per heavy atom. The zero-order valence-corrected chi connectivity index (χ0v) is 14.4. The number of anilines is 1. The Morgan fingerprint density at radius 3 is 2.60 bits per heavy atom. The van der Waals surface area contributed by atoms with Gasteiger partial charge in [0.1, 0.15) is 5.75 Å². The van der Waals surface area contributed by atoms with Gasteiger partial charge in [0, 0.05) is 11.1 Å². The van der Waals surface area contributed by atoms with Crippen molar-refractivity contribution in [2.45, 2.75) is 20.0 Å². The van der Waals surface area contributed by atoms with Crippen molar-refractivity contribution in [1.82, 2.24) is 10.2 Å². The SMILES string of the molecule is CC(C)Oc1ccc(NC(=O)c2n[nH]c(=O)c3ccccc23)cc1Cl. The first kappa shape index (κ1) is 17.0. The number of aromatic nitrogens is 2. The Morgan fingerprint density at radius 1 is 1.20 bits per heavy atom. The number of benzene rings is 2. The molecule has 0 aliphatic rings. The summed E-state index contributed by atoms with van der Waals surface area (Å²) in [5.41, 5.74) is 0.294. The fourth-order valence-corrected chi connectivity index (χ4v) is 2.63. The summed E-state index contributed by atoms with van der Waals surface area (Å²) in [5.74, 6) is 0.100. The second kappa shape index (κ2) is 6.94. The number of carbonyl (C=O) groups excluding carboxylic acids is 1. The third kappa shape index (κ3) is 3.64. The molecular weight excluding hydrogens is 342 g/mol. The summed E-state index contributed by atoms with van der Waals surface area (Å²) >= 11 is 6.18. The Kier molecular flexibility index (Phi) is 4.72. The van der Waals surface area contributed by atoms with Crippen molar-refractivity contribution in [3.05, 3.63) is 63.5 Å². The highest BCUT2D eigenvalue weighted by Gasteiger charge is 2.15. The molecule has 0 unspecified atom stereocenters. The molecule has 3 aromatic rings. The van der Waals surface area contributed by atoms with Crippen molar-refractivity contribution in [2.24, 2.45) is 0 Å². The molecule has 0 radical (unpaired) electrons. The summed E-state index contributed by atoms with van der Waals surface area (Å²) in [4.78, 5) is 24.3. The minimum absolute atomic E-state index is 0.00496.